The van der Waals surface area contributed by atoms with E-state index >= 15 is 0 Å². The Morgan fingerprint density at radius 2 is 0.868 bits per heavy atom. The van der Waals surface area contributed by atoms with Crippen LogP contribution in [0.3, 0.4) is 0 Å². The maximum Gasteiger partial charge on any atom is 0.102 e. The fraction of sp³-hybridized carbons (Fsp3) is 0. The van der Waals surface area contributed by atoms with Crippen molar-refractivity contribution in [1.82, 2.24) is 9.61 Å². The van der Waals surface area contributed by atoms with Gasteiger partial charge in [0.25, 0.3) is 0 Å². The maximum absolute atomic E-state index is 5.67. The van der Waals surface area contributed by atoms with Crippen LogP contribution in [-0.4, -0.2) is 9.61 Å². The van der Waals surface area contributed by atoms with Gasteiger partial charge in [0.15, 0.2) is 0 Å². The first-order chi connectivity index (χ1) is 26.3. The van der Waals surface area contributed by atoms with Gasteiger partial charge < -0.3 is 0 Å². The number of nitrogens with zero attached hydrogens (tertiary/aromatic N) is 2. The van der Waals surface area contributed by atoms with Gasteiger partial charge in [-0.05, 0) is 83.7 Å². The van der Waals surface area contributed by atoms with Crippen molar-refractivity contribution in [2.45, 2.75) is 0 Å². The lowest BCUT2D eigenvalue weighted by atomic mass is 9.88. The Bertz CT molecular complexity index is 3110. The molecule has 0 aliphatic heterocycles. The van der Waals surface area contributed by atoms with Crippen LogP contribution in [0, 0.1) is 0 Å². The third-order valence-electron chi connectivity index (χ3n) is 10.9. The van der Waals surface area contributed by atoms with Crippen LogP contribution in [-0.2, 0) is 0 Å². The normalized spacial score (nSPS) is 11.8. The average Bonchev–Trinajstić information content (AvgIpc) is 3.64. The van der Waals surface area contributed by atoms with Crippen LogP contribution in [0.1, 0.15) is 0 Å². The molecule has 246 valence electrons. The van der Waals surface area contributed by atoms with E-state index in [0.29, 0.717) is 0 Å². The monoisotopic (exact) mass is 672 g/mol. The molecular formula is C51H32N2. The number of fused-ring (bicyclic) bond motifs is 3. The van der Waals surface area contributed by atoms with E-state index in [9.17, 15) is 0 Å². The molecule has 53 heavy (non-hydrogen) atoms. The van der Waals surface area contributed by atoms with Crippen molar-refractivity contribution in [2.75, 3.05) is 0 Å². The molecule has 0 amide bonds. The second kappa shape index (κ2) is 11.8. The molecular weight excluding hydrogens is 641 g/mol. The summed E-state index contributed by atoms with van der Waals surface area (Å²) in [5, 5.41) is 15.6. The number of hydrogen-bond acceptors (Lipinski definition) is 1. The molecule has 2 heterocycles. The van der Waals surface area contributed by atoms with Crippen LogP contribution in [0.5, 0.6) is 0 Å². The molecule has 0 fully saturated rings. The van der Waals surface area contributed by atoms with Crippen LogP contribution >= 0.6 is 0 Å². The standard InChI is InChI=1S/C51H32N2/c1-5-14-33(15-6-1)43-30-40-31-46(35-18-9-3-10-19-35)53-51(45(40)32-44(43)34-16-7-2-8-17-34)49(36-20-11-4-12-21-36)50(52-53)42-29-27-39-25-24-37-22-13-23-38-26-28-41(42)48(39)47(37)38/h1-32H. The lowest BCUT2D eigenvalue weighted by Crippen LogP contribution is -1.97. The van der Waals surface area contributed by atoms with E-state index in [0.717, 1.165) is 39.2 Å². The molecule has 2 nitrogen and oxygen atoms in total. The fourth-order valence-corrected chi connectivity index (χ4v) is 8.53. The largest absolute Gasteiger partial charge is 0.231 e. The third-order valence-corrected chi connectivity index (χ3v) is 10.9. The van der Waals surface area contributed by atoms with Crippen molar-refractivity contribution in [3.63, 3.8) is 0 Å². The molecule has 11 aromatic rings. The molecule has 11 rings (SSSR count). The lowest BCUT2D eigenvalue weighted by Gasteiger charge is -2.16. The first-order valence-corrected chi connectivity index (χ1v) is 18.2. The summed E-state index contributed by atoms with van der Waals surface area (Å²) in [6.07, 6.45) is 0. The molecule has 2 aromatic heterocycles. The summed E-state index contributed by atoms with van der Waals surface area (Å²) in [6, 6.07) is 70.4. The van der Waals surface area contributed by atoms with Gasteiger partial charge in [-0.2, -0.15) is 5.10 Å². The van der Waals surface area contributed by atoms with Gasteiger partial charge in [-0.1, -0.05) is 176 Å². The molecule has 2 heteroatoms. The first-order valence-electron chi connectivity index (χ1n) is 18.2. The number of hydrogen-bond donors (Lipinski definition) is 0. The SMILES string of the molecule is c1ccc(-c2cc3cc(-c4ccccc4)n4nc(-c5ccc6ccc7cccc8ccc5c6c78)c(-c5ccccc5)c4c3cc2-c2ccccc2)cc1. The van der Waals surface area contributed by atoms with Gasteiger partial charge in [0.1, 0.15) is 5.69 Å². The van der Waals surface area contributed by atoms with E-state index in [1.165, 1.54) is 65.3 Å². The Balaban J connectivity index is 1.33. The predicted molar refractivity (Wildman–Crippen MR) is 224 cm³/mol. The number of aromatic nitrogens is 2. The minimum absolute atomic E-state index is 0.979. The summed E-state index contributed by atoms with van der Waals surface area (Å²) < 4.78 is 2.21. The molecule has 0 bridgehead atoms. The van der Waals surface area contributed by atoms with Crippen LogP contribution in [0.25, 0.3) is 105 Å². The summed E-state index contributed by atoms with van der Waals surface area (Å²) in [4.78, 5) is 0. The van der Waals surface area contributed by atoms with Crippen molar-refractivity contribution in [1.29, 1.82) is 0 Å². The zero-order valence-electron chi connectivity index (χ0n) is 28.9. The Labute approximate surface area is 307 Å². The van der Waals surface area contributed by atoms with Crippen LogP contribution in [0.4, 0.5) is 0 Å². The number of pyridine rings is 1. The quantitative estimate of drug-likeness (QED) is 0.166. The van der Waals surface area contributed by atoms with Crippen molar-refractivity contribution < 1.29 is 0 Å². The fourth-order valence-electron chi connectivity index (χ4n) is 8.53. The summed E-state index contributed by atoms with van der Waals surface area (Å²) in [6.45, 7) is 0. The molecule has 0 saturated carbocycles. The van der Waals surface area contributed by atoms with Crippen LogP contribution in [0.15, 0.2) is 194 Å². The van der Waals surface area contributed by atoms with Gasteiger partial charge in [-0.3, -0.25) is 0 Å². The molecule has 0 spiro atoms. The average molecular weight is 673 g/mol. The van der Waals surface area contributed by atoms with Gasteiger partial charge in [0.2, 0.25) is 0 Å². The highest BCUT2D eigenvalue weighted by Crippen LogP contribution is 2.46. The second-order valence-corrected chi connectivity index (χ2v) is 13.9. The van der Waals surface area contributed by atoms with Gasteiger partial charge in [-0.25, -0.2) is 4.52 Å². The molecule has 9 aromatic carbocycles. The molecule has 0 unspecified atom stereocenters. The minimum Gasteiger partial charge on any atom is -0.231 e. The van der Waals surface area contributed by atoms with E-state index in [1.54, 1.807) is 0 Å². The first kappa shape index (κ1) is 29.7. The van der Waals surface area contributed by atoms with Crippen molar-refractivity contribution in [3.8, 4) is 55.9 Å². The summed E-state index contributed by atoms with van der Waals surface area (Å²) in [5.74, 6) is 0. The molecule has 0 radical (unpaired) electrons. The van der Waals surface area contributed by atoms with Crippen molar-refractivity contribution in [2.24, 2.45) is 0 Å². The highest BCUT2D eigenvalue weighted by Gasteiger charge is 2.24. The summed E-state index contributed by atoms with van der Waals surface area (Å²) >= 11 is 0. The smallest absolute Gasteiger partial charge is 0.102 e. The maximum atomic E-state index is 5.67. The second-order valence-electron chi connectivity index (χ2n) is 13.9. The topological polar surface area (TPSA) is 17.3 Å². The zero-order valence-corrected chi connectivity index (χ0v) is 28.9. The Kier molecular flexibility index (Phi) is 6.59. The van der Waals surface area contributed by atoms with Crippen molar-refractivity contribution in [3.05, 3.63) is 194 Å². The van der Waals surface area contributed by atoms with Gasteiger partial charge in [-0.15, -0.1) is 0 Å². The van der Waals surface area contributed by atoms with E-state index in [4.69, 9.17) is 5.10 Å². The zero-order chi connectivity index (χ0) is 34.9. The van der Waals surface area contributed by atoms with Crippen molar-refractivity contribution >= 4 is 48.6 Å². The molecule has 0 atom stereocenters. The molecule has 0 aliphatic carbocycles. The van der Waals surface area contributed by atoms with Gasteiger partial charge in [0, 0.05) is 22.1 Å². The predicted octanol–water partition coefficient (Wildman–Crippen LogP) is 13.7. The molecule has 0 aliphatic rings. The summed E-state index contributed by atoms with van der Waals surface area (Å²) in [7, 11) is 0. The van der Waals surface area contributed by atoms with Gasteiger partial charge >= 0.3 is 0 Å². The van der Waals surface area contributed by atoms with Crippen LogP contribution < -0.4 is 0 Å². The molecule has 0 N–H and O–H groups in total. The Hall–Kier alpha value is -7.03. The van der Waals surface area contributed by atoms with E-state index in [1.807, 2.05) is 0 Å². The highest BCUT2D eigenvalue weighted by molar-refractivity contribution is 6.26. The third kappa shape index (κ3) is 4.63. The highest BCUT2D eigenvalue weighted by atomic mass is 15.2. The molecule has 0 saturated heterocycles. The lowest BCUT2D eigenvalue weighted by molar-refractivity contribution is 0.980. The van der Waals surface area contributed by atoms with Crippen LogP contribution in [0.2, 0.25) is 0 Å². The van der Waals surface area contributed by atoms with E-state index in [-0.39, 0.29) is 0 Å². The number of rotatable bonds is 5. The number of benzene rings is 9. The Morgan fingerprint density at radius 1 is 0.340 bits per heavy atom. The minimum atomic E-state index is 0.979. The van der Waals surface area contributed by atoms with Gasteiger partial charge in [0.05, 0.1) is 11.2 Å². The van der Waals surface area contributed by atoms with E-state index in [2.05, 4.69) is 199 Å². The van der Waals surface area contributed by atoms with E-state index < -0.39 is 0 Å². The summed E-state index contributed by atoms with van der Waals surface area (Å²) in [5.41, 5.74) is 12.5. The Morgan fingerprint density at radius 3 is 1.51 bits per heavy atom.